The SMILES string of the molecule is Cc1cc(S(=O)(=O)NCC2CC3(CCN(C(=O)OC(C)(C)C)CC3)C2)ccc1Br. The maximum absolute atomic E-state index is 12.6. The fourth-order valence-electron chi connectivity index (χ4n) is 4.30. The number of sulfonamides is 1. The van der Waals surface area contributed by atoms with Gasteiger partial charge in [0.05, 0.1) is 4.90 Å². The molecule has 1 saturated carbocycles. The Hall–Kier alpha value is -1.12. The van der Waals surface area contributed by atoms with E-state index in [1.165, 1.54) is 0 Å². The summed E-state index contributed by atoms with van der Waals surface area (Å²) in [6.07, 6.45) is 3.71. The van der Waals surface area contributed by atoms with E-state index in [0.29, 0.717) is 30.4 Å². The van der Waals surface area contributed by atoms with Crippen LogP contribution < -0.4 is 4.72 Å². The van der Waals surface area contributed by atoms with Gasteiger partial charge in [-0.05, 0) is 88.5 Å². The Morgan fingerprint density at radius 3 is 2.45 bits per heavy atom. The van der Waals surface area contributed by atoms with E-state index in [-0.39, 0.29) is 11.5 Å². The number of hydrogen-bond donors (Lipinski definition) is 1. The zero-order valence-corrected chi connectivity index (χ0v) is 20.0. The zero-order valence-electron chi connectivity index (χ0n) is 17.6. The molecule has 0 aromatic heterocycles. The highest BCUT2D eigenvalue weighted by molar-refractivity contribution is 9.10. The van der Waals surface area contributed by atoms with Gasteiger partial charge < -0.3 is 9.64 Å². The van der Waals surface area contributed by atoms with Crippen molar-refractivity contribution in [3.63, 3.8) is 0 Å². The number of hydrogen-bond acceptors (Lipinski definition) is 4. The second-order valence-electron chi connectivity index (χ2n) is 9.50. The van der Waals surface area contributed by atoms with E-state index < -0.39 is 15.6 Å². The van der Waals surface area contributed by atoms with Gasteiger partial charge in [0.2, 0.25) is 10.0 Å². The molecule has 6 nitrogen and oxygen atoms in total. The number of piperidine rings is 1. The van der Waals surface area contributed by atoms with Gasteiger partial charge in [-0.25, -0.2) is 17.9 Å². The maximum Gasteiger partial charge on any atom is 0.410 e. The zero-order chi connectivity index (χ0) is 21.4. The fraction of sp³-hybridized carbons (Fsp3) is 0.667. The van der Waals surface area contributed by atoms with Crippen LogP contribution in [-0.2, 0) is 14.8 Å². The maximum atomic E-state index is 12.6. The Kier molecular flexibility index (Phi) is 6.37. The molecule has 1 heterocycles. The van der Waals surface area contributed by atoms with Crippen LogP contribution in [0.15, 0.2) is 27.6 Å². The van der Waals surface area contributed by atoms with E-state index in [0.717, 1.165) is 35.7 Å². The number of likely N-dealkylation sites (tertiary alicyclic amines) is 1. The summed E-state index contributed by atoms with van der Waals surface area (Å²) in [6.45, 7) is 9.41. The number of halogens is 1. The summed E-state index contributed by atoms with van der Waals surface area (Å²) in [7, 11) is -3.49. The topological polar surface area (TPSA) is 75.7 Å². The Labute approximate surface area is 182 Å². The lowest BCUT2D eigenvalue weighted by atomic mass is 9.57. The van der Waals surface area contributed by atoms with E-state index in [1.54, 1.807) is 23.1 Å². The molecule has 0 unspecified atom stereocenters. The van der Waals surface area contributed by atoms with Gasteiger partial charge >= 0.3 is 6.09 Å². The monoisotopic (exact) mass is 486 g/mol. The van der Waals surface area contributed by atoms with Crippen molar-refractivity contribution in [1.29, 1.82) is 0 Å². The Bertz CT molecular complexity index is 863. The molecule has 1 saturated heterocycles. The highest BCUT2D eigenvalue weighted by Gasteiger charge is 2.46. The lowest BCUT2D eigenvalue weighted by Gasteiger charge is -2.52. The summed E-state index contributed by atoms with van der Waals surface area (Å²) in [4.78, 5) is 14.3. The van der Waals surface area contributed by atoms with Gasteiger partial charge in [-0.1, -0.05) is 15.9 Å². The van der Waals surface area contributed by atoms with Crippen molar-refractivity contribution in [2.45, 2.75) is 63.9 Å². The van der Waals surface area contributed by atoms with Gasteiger partial charge in [0.1, 0.15) is 5.60 Å². The normalized spacial score (nSPS) is 19.8. The largest absolute Gasteiger partial charge is 0.444 e. The minimum absolute atomic E-state index is 0.235. The Morgan fingerprint density at radius 1 is 1.28 bits per heavy atom. The molecule has 0 bridgehead atoms. The van der Waals surface area contributed by atoms with Gasteiger partial charge in [0.25, 0.3) is 0 Å². The van der Waals surface area contributed by atoms with Gasteiger partial charge in [0, 0.05) is 24.1 Å². The van der Waals surface area contributed by atoms with Crippen LogP contribution >= 0.6 is 15.9 Å². The number of carbonyl (C=O) groups excluding carboxylic acids is 1. The smallest absolute Gasteiger partial charge is 0.410 e. The molecule has 2 aliphatic rings. The molecule has 1 spiro atoms. The minimum atomic E-state index is -3.49. The molecule has 162 valence electrons. The van der Waals surface area contributed by atoms with Gasteiger partial charge in [-0.15, -0.1) is 0 Å². The third-order valence-corrected chi connectivity index (χ3v) is 8.23. The third-order valence-electron chi connectivity index (χ3n) is 5.92. The molecule has 2 fully saturated rings. The molecule has 8 heteroatoms. The first-order valence-electron chi connectivity index (χ1n) is 10.1. The van der Waals surface area contributed by atoms with Crippen LogP contribution in [0.2, 0.25) is 0 Å². The Balaban J connectivity index is 1.46. The fourth-order valence-corrected chi connectivity index (χ4v) is 5.75. The molecule has 3 rings (SSSR count). The van der Waals surface area contributed by atoms with E-state index in [9.17, 15) is 13.2 Å². The third kappa shape index (κ3) is 5.52. The van der Waals surface area contributed by atoms with Gasteiger partial charge in [0.15, 0.2) is 0 Å². The number of aryl methyl sites for hydroxylation is 1. The molecule has 1 aliphatic carbocycles. The summed E-state index contributed by atoms with van der Waals surface area (Å²) in [5.74, 6) is 0.356. The first-order chi connectivity index (χ1) is 13.4. The quantitative estimate of drug-likeness (QED) is 0.681. The molecule has 0 atom stereocenters. The molecule has 1 aliphatic heterocycles. The van der Waals surface area contributed by atoms with Crippen LogP contribution in [0.5, 0.6) is 0 Å². The van der Waals surface area contributed by atoms with E-state index in [1.807, 2.05) is 27.7 Å². The second-order valence-corrected chi connectivity index (χ2v) is 12.1. The van der Waals surface area contributed by atoms with Crippen molar-refractivity contribution in [1.82, 2.24) is 9.62 Å². The number of nitrogens with one attached hydrogen (secondary N) is 1. The first kappa shape index (κ1) is 22.6. The molecule has 0 radical (unpaired) electrons. The number of nitrogens with zero attached hydrogens (tertiary/aromatic N) is 1. The van der Waals surface area contributed by atoms with Crippen LogP contribution in [0.3, 0.4) is 0 Å². The molecule has 1 N–H and O–H groups in total. The van der Waals surface area contributed by atoms with E-state index >= 15 is 0 Å². The van der Waals surface area contributed by atoms with Crippen LogP contribution in [0.25, 0.3) is 0 Å². The van der Waals surface area contributed by atoms with Crippen molar-refractivity contribution < 1.29 is 17.9 Å². The number of benzene rings is 1. The van der Waals surface area contributed by atoms with Crippen LogP contribution in [0.1, 0.15) is 52.0 Å². The van der Waals surface area contributed by atoms with E-state index in [4.69, 9.17) is 4.74 Å². The predicted octanol–water partition coefficient (Wildman–Crippen LogP) is 4.46. The highest BCUT2D eigenvalue weighted by atomic mass is 79.9. The lowest BCUT2D eigenvalue weighted by molar-refractivity contribution is -0.0257. The summed E-state index contributed by atoms with van der Waals surface area (Å²) >= 11 is 3.40. The minimum Gasteiger partial charge on any atom is -0.444 e. The second kappa shape index (κ2) is 8.19. The van der Waals surface area contributed by atoms with Gasteiger partial charge in [-0.3, -0.25) is 0 Å². The van der Waals surface area contributed by atoms with Crippen molar-refractivity contribution in [2.24, 2.45) is 11.3 Å². The molecule has 29 heavy (non-hydrogen) atoms. The Morgan fingerprint density at radius 2 is 1.90 bits per heavy atom. The van der Waals surface area contributed by atoms with Gasteiger partial charge in [-0.2, -0.15) is 0 Å². The average molecular weight is 487 g/mol. The number of ether oxygens (including phenoxy) is 1. The molecule has 1 aromatic rings. The lowest BCUT2D eigenvalue weighted by Crippen LogP contribution is -2.51. The standard InChI is InChI=1S/C21H31BrN2O4S/c1-15-11-17(5-6-18(15)22)29(26,27)23-14-16-12-21(13-16)7-9-24(10-8-21)19(25)28-20(2,3)4/h5-6,11,16,23H,7-10,12-14H2,1-4H3. The first-order valence-corrected chi connectivity index (χ1v) is 12.4. The highest BCUT2D eigenvalue weighted by Crippen LogP contribution is 2.52. The summed E-state index contributed by atoms with van der Waals surface area (Å²) in [5.41, 5.74) is 0.674. The number of amides is 1. The van der Waals surface area contributed by atoms with Crippen molar-refractivity contribution in [3.8, 4) is 0 Å². The van der Waals surface area contributed by atoms with Crippen molar-refractivity contribution in [3.05, 3.63) is 28.2 Å². The molecular formula is C21H31BrN2O4S. The van der Waals surface area contributed by atoms with Crippen molar-refractivity contribution >= 4 is 32.0 Å². The van der Waals surface area contributed by atoms with Crippen LogP contribution in [0.4, 0.5) is 4.79 Å². The number of rotatable bonds is 4. The van der Waals surface area contributed by atoms with Crippen LogP contribution in [-0.4, -0.2) is 44.6 Å². The van der Waals surface area contributed by atoms with Crippen LogP contribution in [0, 0.1) is 18.3 Å². The number of carbonyl (C=O) groups is 1. The predicted molar refractivity (Wildman–Crippen MR) is 116 cm³/mol. The molecule has 1 aromatic carbocycles. The summed E-state index contributed by atoms with van der Waals surface area (Å²) in [5, 5.41) is 0. The van der Waals surface area contributed by atoms with Crippen molar-refractivity contribution in [2.75, 3.05) is 19.6 Å². The molecular weight excluding hydrogens is 456 g/mol. The molecule has 1 amide bonds. The average Bonchev–Trinajstić information content (AvgIpc) is 2.59. The van der Waals surface area contributed by atoms with E-state index in [2.05, 4.69) is 20.7 Å². The summed E-state index contributed by atoms with van der Waals surface area (Å²) < 4.78 is 34.2. The summed E-state index contributed by atoms with van der Waals surface area (Å²) in [6, 6.07) is 5.07.